The number of hydrogen-bond donors (Lipinski definition) is 1. The molecule has 6 nitrogen and oxygen atoms in total. The molecule has 29 heavy (non-hydrogen) atoms. The third-order valence-corrected chi connectivity index (χ3v) is 4.91. The van der Waals surface area contributed by atoms with E-state index in [1.54, 1.807) is 29.0 Å². The van der Waals surface area contributed by atoms with E-state index < -0.39 is 0 Å². The lowest BCUT2D eigenvalue weighted by Crippen LogP contribution is -2.25. The molecule has 0 aliphatic rings. The van der Waals surface area contributed by atoms with Gasteiger partial charge < -0.3 is 9.73 Å². The van der Waals surface area contributed by atoms with Crippen LogP contribution in [0.3, 0.4) is 0 Å². The highest BCUT2D eigenvalue weighted by molar-refractivity contribution is 6.33. The summed E-state index contributed by atoms with van der Waals surface area (Å²) in [6, 6.07) is 14.6. The second kappa shape index (κ2) is 7.37. The fourth-order valence-electron chi connectivity index (χ4n) is 2.98. The maximum absolute atomic E-state index is 13.0. The van der Waals surface area contributed by atoms with Crippen LogP contribution < -0.4 is 5.32 Å². The maximum Gasteiger partial charge on any atom is 0.270 e. The molecule has 0 unspecified atom stereocenters. The van der Waals surface area contributed by atoms with E-state index in [0.29, 0.717) is 27.8 Å². The van der Waals surface area contributed by atoms with Crippen LogP contribution in [0, 0.1) is 0 Å². The van der Waals surface area contributed by atoms with Crippen molar-refractivity contribution in [2.24, 2.45) is 0 Å². The molecule has 0 bridgehead atoms. The minimum Gasteiger partial charge on any atom is -0.467 e. The number of benzene rings is 1. The minimum absolute atomic E-state index is 0.180. The van der Waals surface area contributed by atoms with Gasteiger partial charge >= 0.3 is 0 Å². The highest BCUT2D eigenvalue weighted by atomic mass is 35.5. The first-order chi connectivity index (χ1) is 13.8. The van der Waals surface area contributed by atoms with Crippen molar-refractivity contribution in [2.75, 3.05) is 0 Å². The molecular weight excluding hydrogens is 388 g/mol. The Hall–Kier alpha value is -3.12. The lowest BCUT2D eigenvalue weighted by Gasteiger charge is -2.13. The number of amides is 1. The van der Waals surface area contributed by atoms with Crippen LogP contribution in [-0.2, 0) is 12.0 Å². The van der Waals surface area contributed by atoms with Crippen molar-refractivity contribution in [3.8, 4) is 11.3 Å². The van der Waals surface area contributed by atoms with Crippen molar-refractivity contribution >= 4 is 23.2 Å². The van der Waals surface area contributed by atoms with E-state index in [-0.39, 0.29) is 17.9 Å². The summed E-state index contributed by atoms with van der Waals surface area (Å²) in [6.45, 7) is 6.49. The average Bonchev–Trinajstić information content (AvgIpc) is 3.35. The number of carbonyl (C=O) groups is 1. The van der Waals surface area contributed by atoms with E-state index in [9.17, 15) is 4.79 Å². The topological polar surface area (TPSA) is 72.4 Å². The number of hydrogen-bond acceptors (Lipinski definition) is 4. The van der Waals surface area contributed by atoms with Crippen LogP contribution in [0.2, 0.25) is 5.02 Å². The SMILES string of the molecule is CC(C)(C)c1cc2nc(-c3ccccc3Cl)cc(C(=O)NCc3ccco3)n2n1. The second-order valence-corrected chi connectivity index (χ2v) is 8.23. The van der Waals surface area contributed by atoms with Gasteiger partial charge in [-0.05, 0) is 24.3 Å². The fraction of sp³-hybridized carbons (Fsp3) is 0.227. The molecule has 3 heterocycles. The summed E-state index contributed by atoms with van der Waals surface area (Å²) in [4.78, 5) is 17.7. The van der Waals surface area contributed by atoms with E-state index in [2.05, 4.69) is 31.2 Å². The number of halogens is 1. The summed E-state index contributed by atoms with van der Waals surface area (Å²) in [6.07, 6.45) is 1.57. The maximum atomic E-state index is 13.0. The van der Waals surface area contributed by atoms with Gasteiger partial charge in [0.2, 0.25) is 0 Å². The standard InChI is InChI=1S/C22H21ClN4O2/c1-22(2,3)19-12-20-25-17(15-8-4-5-9-16(15)23)11-18(27(20)26-19)21(28)24-13-14-7-6-10-29-14/h4-12H,13H2,1-3H3,(H,24,28). The third kappa shape index (κ3) is 3.89. The molecule has 0 spiro atoms. The molecule has 0 atom stereocenters. The number of aromatic nitrogens is 3. The monoisotopic (exact) mass is 408 g/mol. The molecule has 0 fully saturated rings. The van der Waals surface area contributed by atoms with Gasteiger partial charge in [-0.25, -0.2) is 9.50 Å². The quantitative estimate of drug-likeness (QED) is 0.522. The average molecular weight is 409 g/mol. The molecule has 0 aliphatic carbocycles. The van der Waals surface area contributed by atoms with Crippen LogP contribution >= 0.6 is 11.6 Å². The van der Waals surface area contributed by atoms with Gasteiger partial charge in [0.1, 0.15) is 11.5 Å². The van der Waals surface area contributed by atoms with Gasteiger partial charge in [-0.2, -0.15) is 5.10 Å². The summed E-state index contributed by atoms with van der Waals surface area (Å²) in [7, 11) is 0. The lowest BCUT2D eigenvalue weighted by molar-refractivity contribution is 0.0940. The second-order valence-electron chi connectivity index (χ2n) is 7.82. The van der Waals surface area contributed by atoms with Gasteiger partial charge in [0.15, 0.2) is 5.65 Å². The summed E-state index contributed by atoms with van der Waals surface area (Å²) in [5, 5.41) is 8.10. The lowest BCUT2D eigenvalue weighted by atomic mass is 9.93. The number of carbonyl (C=O) groups excluding carboxylic acids is 1. The first-order valence-corrected chi connectivity index (χ1v) is 9.67. The number of nitrogens with one attached hydrogen (secondary N) is 1. The van der Waals surface area contributed by atoms with E-state index in [1.165, 1.54) is 0 Å². The minimum atomic E-state index is -0.273. The molecule has 1 N–H and O–H groups in total. The van der Waals surface area contributed by atoms with Gasteiger partial charge in [-0.1, -0.05) is 50.6 Å². The smallest absolute Gasteiger partial charge is 0.270 e. The van der Waals surface area contributed by atoms with E-state index >= 15 is 0 Å². The van der Waals surface area contributed by atoms with Crippen LogP contribution in [0.15, 0.2) is 59.2 Å². The molecule has 7 heteroatoms. The summed E-state index contributed by atoms with van der Waals surface area (Å²) < 4.78 is 6.88. The number of nitrogens with zero attached hydrogens (tertiary/aromatic N) is 3. The van der Waals surface area contributed by atoms with Gasteiger partial charge in [0, 0.05) is 22.1 Å². The Morgan fingerprint density at radius 2 is 1.97 bits per heavy atom. The zero-order valence-electron chi connectivity index (χ0n) is 16.4. The van der Waals surface area contributed by atoms with Gasteiger partial charge in [-0.15, -0.1) is 0 Å². The largest absolute Gasteiger partial charge is 0.467 e. The van der Waals surface area contributed by atoms with Crippen LogP contribution in [-0.4, -0.2) is 20.5 Å². The Morgan fingerprint density at radius 1 is 1.17 bits per heavy atom. The zero-order chi connectivity index (χ0) is 20.6. The number of furan rings is 1. The van der Waals surface area contributed by atoms with E-state index in [1.807, 2.05) is 30.3 Å². The molecule has 0 saturated heterocycles. The van der Waals surface area contributed by atoms with Crippen molar-refractivity contribution in [1.29, 1.82) is 0 Å². The molecular formula is C22H21ClN4O2. The Kier molecular flexibility index (Phi) is 4.88. The van der Waals surface area contributed by atoms with E-state index in [0.717, 1.165) is 11.3 Å². The molecule has 0 radical (unpaired) electrons. The first kappa shape index (κ1) is 19.2. The van der Waals surface area contributed by atoms with Crippen molar-refractivity contribution in [3.05, 3.63) is 77.0 Å². The van der Waals surface area contributed by atoms with E-state index in [4.69, 9.17) is 21.0 Å². The Bertz CT molecular complexity index is 1170. The third-order valence-electron chi connectivity index (χ3n) is 4.58. The molecule has 4 aromatic rings. The molecule has 148 valence electrons. The van der Waals surface area contributed by atoms with Gasteiger partial charge in [-0.3, -0.25) is 4.79 Å². The van der Waals surface area contributed by atoms with Crippen LogP contribution in [0.25, 0.3) is 16.9 Å². The summed E-state index contributed by atoms with van der Waals surface area (Å²) in [5.41, 5.74) is 3.02. The molecule has 0 saturated carbocycles. The highest BCUT2D eigenvalue weighted by Gasteiger charge is 2.22. The Morgan fingerprint density at radius 3 is 2.66 bits per heavy atom. The summed E-state index contributed by atoms with van der Waals surface area (Å²) in [5.74, 6) is 0.400. The summed E-state index contributed by atoms with van der Waals surface area (Å²) >= 11 is 6.37. The van der Waals surface area contributed by atoms with Crippen LogP contribution in [0.4, 0.5) is 0 Å². The van der Waals surface area contributed by atoms with Crippen LogP contribution in [0.5, 0.6) is 0 Å². The zero-order valence-corrected chi connectivity index (χ0v) is 17.2. The van der Waals surface area contributed by atoms with Crippen molar-refractivity contribution in [3.63, 3.8) is 0 Å². The van der Waals surface area contributed by atoms with Gasteiger partial charge in [0.05, 0.1) is 24.2 Å². The number of rotatable bonds is 4. The molecule has 0 aliphatic heterocycles. The normalized spacial score (nSPS) is 11.7. The van der Waals surface area contributed by atoms with Gasteiger partial charge in [0.25, 0.3) is 5.91 Å². The molecule has 1 amide bonds. The molecule has 4 rings (SSSR count). The highest BCUT2D eigenvalue weighted by Crippen LogP contribution is 2.29. The Labute approximate surface area is 173 Å². The predicted octanol–water partition coefficient (Wildman–Crippen LogP) is 4.87. The number of fused-ring (bicyclic) bond motifs is 1. The fourth-order valence-corrected chi connectivity index (χ4v) is 3.21. The van der Waals surface area contributed by atoms with Crippen molar-refractivity contribution in [2.45, 2.75) is 32.7 Å². The van der Waals surface area contributed by atoms with Crippen molar-refractivity contribution in [1.82, 2.24) is 19.9 Å². The van der Waals surface area contributed by atoms with Crippen LogP contribution in [0.1, 0.15) is 42.7 Å². The first-order valence-electron chi connectivity index (χ1n) is 9.30. The molecule has 3 aromatic heterocycles. The Balaban J connectivity index is 1.82. The molecule has 1 aromatic carbocycles. The van der Waals surface area contributed by atoms with Crippen molar-refractivity contribution < 1.29 is 9.21 Å². The predicted molar refractivity (Wildman–Crippen MR) is 112 cm³/mol.